The van der Waals surface area contributed by atoms with Crippen LogP contribution in [0.5, 0.6) is 5.75 Å². The van der Waals surface area contributed by atoms with Crippen molar-refractivity contribution in [2.45, 2.75) is 31.7 Å². The molecule has 2 aromatic rings. The molecule has 8 nitrogen and oxygen atoms in total. The summed E-state index contributed by atoms with van der Waals surface area (Å²) in [6.07, 6.45) is 5.75. The fourth-order valence-electron chi connectivity index (χ4n) is 2.96. The van der Waals surface area contributed by atoms with Crippen molar-refractivity contribution in [3.8, 4) is 5.75 Å². The van der Waals surface area contributed by atoms with Crippen LogP contribution in [0.15, 0.2) is 24.4 Å². The number of fused-ring (bicyclic) bond motifs is 1. The predicted octanol–water partition coefficient (Wildman–Crippen LogP) is 2.48. The van der Waals surface area contributed by atoms with E-state index in [1.165, 1.54) is 12.6 Å². The summed E-state index contributed by atoms with van der Waals surface area (Å²) in [4.78, 5) is 20.3. The van der Waals surface area contributed by atoms with Gasteiger partial charge in [0.05, 0.1) is 17.9 Å². The van der Waals surface area contributed by atoms with E-state index >= 15 is 0 Å². The Morgan fingerprint density at radius 1 is 1.31 bits per heavy atom. The molecular weight excluding hydrogens is 332 g/mol. The Morgan fingerprint density at radius 3 is 2.96 bits per heavy atom. The molecule has 0 unspecified atom stereocenters. The molecule has 1 aromatic carbocycles. The molecule has 1 aromatic heterocycles. The number of rotatable bonds is 5. The molecule has 1 aliphatic carbocycles. The molecule has 1 fully saturated rings. The zero-order valence-corrected chi connectivity index (χ0v) is 14.4. The maximum Gasteiger partial charge on any atom is 0.254 e. The fourth-order valence-corrected chi connectivity index (χ4v) is 2.96. The highest BCUT2D eigenvalue weighted by Crippen LogP contribution is 2.31. The highest BCUT2D eigenvalue weighted by molar-refractivity contribution is 5.97. The Kier molecular flexibility index (Phi) is 4.47. The monoisotopic (exact) mass is 354 g/mol. The molecule has 4 rings (SSSR count). The van der Waals surface area contributed by atoms with E-state index in [0.29, 0.717) is 30.0 Å². The van der Waals surface area contributed by atoms with E-state index in [9.17, 15) is 4.79 Å². The molecule has 0 radical (unpaired) electrons. The predicted molar refractivity (Wildman–Crippen MR) is 100 cm³/mol. The van der Waals surface area contributed by atoms with Crippen LogP contribution >= 0.6 is 0 Å². The summed E-state index contributed by atoms with van der Waals surface area (Å²) < 4.78 is 5.69. The number of anilines is 4. The smallest absolute Gasteiger partial charge is 0.254 e. The molecule has 2 aliphatic rings. The molecule has 136 valence electrons. The fraction of sp³-hybridized carbons (Fsp3) is 0.389. The van der Waals surface area contributed by atoms with Crippen molar-refractivity contribution < 1.29 is 9.53 Å². The summed E-state index contributed by atoms with van der Waals surface area (Å²) >= 11 is 0. The summed E-state index contributed by atoms with van der Waals surface area (Å²) in [7, 11) is 0. The maximum absolute atomic E-state index is 11.6. The SMILES string of the molecule is NC(=O)c1cnc(Nc2ccc3c(c2)NCCCO3)nc1NC1CCC1. The molecule has 8 heteroatoms. The summed E-state index contributed by atoms with van der Waals surface area (Å²) in [5, 5.41) is 9.82. The zero-order chi connectivity index (χ0) is 17.9. The molecular formula is C18H22N6O2. The number of nitrogens with one attached hydrogen (secondary N) is 3. The van der Waals surface area contributed by atoms with Crippen molar-refractivity contribution in [1.29, 1.82) is 0 Å². The Balaban J connectivity index is 1.56. The van der Waals surface area contributed by atoms with Gasteiger partial charge in [-0.05, 0) is 43.9 Å². The van der Waals surface area contributed by atoms with E-state index in [4.69, 9.17) is 10.5 Å². The maximum atomic E-state index is 11.6. The Morgan fingerprint density at radius 2 is 2.19 bits per heavy atom. The van der Waals surface area contributed by atoms with Gasteiger partial charge in [0.1, 0.15) is 11.6 Å². The normalized spacial score (nSPS) is 16.3. The van der Waals surface area contributed by atoms with Gasteiger partial charge in [-0.3, -0.25) is 4.79 Å². The van der Waals surface area contributed by atoms with Crippen LogP contribution in [0, 0.1) is 0 Å². The van der Waals surface area contributed by atoms with Crippen LogP contribution in [0.3, 0.4) is 0 Å². The van der Waals surface area contributed by atoms with E-state index in [-0.39, 0.29) is 0 Å². The van der Waals surface area contributed by atoms with Crippen molar-refractivity contribution in [1.82, 2.24) is 9.97 Å². The van der Waals surface area contributed by atoms with Gasteiger partial charge < -0.3 is 26.4 Å². The number of amides is 1. The van der Waals surface area contributed by atoms with Crippen LogP contribution in [0.1, 0.15) is 36.0 Å². The number of primary amides is 1. The lowest BCUT2D eigenvalue weighted by Crippen LogP contribution is -2.29. The molecule has 0 bridgehead atoms. The second-order valence-corrected chi connectivity index (χ2v) is 6.56. The highest BCUT2D eigenvalue weighted by Gasteiger charge is 2.21. The van der Waals surface area contributed by atoms with Crippen LogP contribution in [0.2, 0.25) is 0 Å². The number of carbonyl (C=O) groups is 1. The molecule has 0 atom stereocenters. The zero-order valence-electron chi connectivity index (χ0n) is 14.4. The molecule has 2 heterocycles. The van der Waals surface area contributed by atoms with E-state index in [1.807, 2.05) is 18.2 Å². The standard InChI is InChI=1S/C18H22N6O2/c19-16(25)13-10-21-18(24-17(13)22-11-3-1-4-11)23-12-5-6-15-14(9-12)20-7-2-8-26-15/h5-6,9-11,20H,1-4,7-8H2,(H2,19,25)(H2,21,22,23,24). The first-order valence-electron chi connectivity index (χ1n) is 8.90. The van der Waals surface area contributed by atoms with E-state index in [2.05, 4.69) is 25.9 Å². The minimum atomic E-state index is -0.537. The third kappa shape index (κ3) is 3.49. The number of hydrogen-bond donors (Lipinski definition) is 4. The number of nitrogens with zero attached hydrogens (tertiary/aromatic N) is 2. The van der Waals surface area contributed by atoms with Crippen molar-refractivity contribution in [3.63, 3.8) is 0 Å². The second kappa shape index (κ2) is 7.07. The molecule has 0 spiro atoms. The van der Waals surface area contributed by atoms with Crippen LogP contribution in [-0.4, -0.2) is 35.1 Å². The van der Waals surface area contributed by atoms with Crippen molar-refractivity contribution in [3.05, 3.63) is 30.0 Å². The molecule has 1 aliphatic heterocycles. The Labute approximate surface area is 151 Å². The number of nitrogens with two attached hydrogens (primary N) is 1. The van der Waals surface area contributed by atoms with Gasteiger partial charge >= 0.3 is 0 Å². The first-order valence-corrected chi connectivity index (χ1v) is 8.90. The third-order valence-electron chi connectivity index (χ3n) is 4.63. The number of benzene rings is 1. The Hall–Kier alpha value is -3.03. The average Bonchev–Trinajstić information content (AvgIpc) is 2.83. The minimum Gasteiger partial charge on any atom is -0.491 e. The third-order valence-corrected chi connectivity index (χ3v) is 4.63. The molecule has 1 amide bonds. The number of hydrogen-bond acceptors (Lipinski definition) is 7. The lowest BCUT2D eigenvalue weighted by molar-refractivity contribution is 0.100. The van der Waals surface area contributed by atoms with Crippen LogP contribution < -0.4 is 26.4 Å². The molecule has 26 heavy (non-hydrogen) atoms. The highest BCUT2D eigenvalue weighted by atomic mass is 16.5. The van der Waals surface area contributed by atoms with Crippen LogP contribution in [-0.2, 0) is 0 Å². The summed E-state index contributed by atoms with van der Waals surface area (Å²) in [5.41, 5.74) is 7.52. The van der Waals surface area contributed by atoms with Gasteiger partial charge in [0, 0.05) is 24.5 Å². The summed E-state index contributed by atoms with van der Waals surface area (Å²) in [6, 6.07) is 6.13. The number of aromatic nitrogens is 2. The minimum absolute atomic E-state index is 0.305. The van der Waals surface area contributed by atoms with Gasteiger partial charge in [-0.25, -0.2) is 4.98 Å². The van der Waals surface area contributed by atoms with Gasteiger partial charge in [-0.2, -0.15) is 4.98 Å². The average molecular weight is 354 g/mol. The largest absolute Gasteiger partial charge is 0.491 e. The molecule has 5 N–H and O–H groups in total. The Bertz CT molecular complexity index is 821. The second-order valence-electron chi connectivity index (χ2n) is 6.56. The summed E-state index contributed by atoms with van der Waals surface area (Å²) in [6.45, 7) is 1.58. The number of carbonyl (C=O) groups excluding carboxylic acids is 1. The van der Waals surface area contributed by atoms with E-state index in [1.54, 1.807) is 0 Å². The first kappa shape index (κ1) is 16.4. The van der Waals surface area contributed by atoms with Gasteiger partial charge in [-0.15, -0.1) is 0 Å². The van der Waals surface area contributed by atoms with Crippen molar-refractivity contribution in [2.24, 2.45) is 5.73 Å². The van der Waals surface area contributed by atoms with Crippen LogP contribution in [0.4, 0.5) is 23.1 Å². The van der Waals surface area contributed by atoms with Gasteiger partial charge in [0.15, 0.2) is 0 Å². The van der Waals surface area contributed by atoms with Gasteiger partial charge in [-0.1, -0.05) is 0 Å². The molecule has 1 saturated carbocycles. The summed E-state index contributed by atoms with van der Waals surface area (Å²) in [5.74, 6) is 1.19. The lowest BCUT2D eigenvalue weighted by Gasteiger charge is -2.27. The van der Waals surface area contributed by atoms with Gasteiger partial charge in [0.25, 0.3) is 5.91 Å². The lowest BCUT2D eigenvalue weighted by atomic mass is 9.93. The van der Waals surface area contributed by atoms with E-state index < -0.39 is 5.91 Å². The molecule has 0 saturated heterocycles. The quantitative estimate of drug-likeness (QED) is 0.652. The van der Waals surface area contributed by atoms with Gasteiger partial charge in [0.2, 0.25) is 5.95 Å². The van der Waals surface area contributed by atoms with E-state index in [0.717, 1.165) is 42.9 Å². The van der Waals surface area contributed by atoms with Crippen molar-refractivity contribution in [2.75, 3.05) is 29.1 Å². The first-order chi connectivity index (χ1) is 12.7. The topological polar surface area (TPSA) is 114 Å². The van der Waals surface area contributed by atoms with Crippen LogP contribution in [0.25, 0.3) is 0 Å². The number of ether oxygens (including phenoxy) is 1. The van der Waals surface area contributed by atoms with Crippen molar-refractivity contribution >= 4 is 29.0 Å².